The lowest BCUT2D eigenvalue weighted by Gasteiger charge is -2.26. The van der Waals surface area contributed by atoms with Gasteiger partial charge in [-0.25, -0.2) is 31.3 Å². The molecule has 12 aromatic rings. The van der Waals surface area contributed by atoms with E-state index in [4.69, 9.17) is 4.98 Å². The topological polar surface area (TPSA) is 21.1 Å². The summed E-state index contributed by atoms with van der Waals surface area (Å²) in [7, 11) is 0. The predicted octanol–water partition coefficient (Wildman–Crippen LogP) is 18.5. The average Bonchev–Trinajstić information content (AvgIpc) is 3.79. The van der Waals surface area contributed by atoms with Gasteiger partial charge in [0.05, 0.1) is 28.0 Å². The third-order valence-corrected chi connectivity index (χ3v) is 13.5. The van der Waals surface area contributed by atoms with Gasteiger partial charge in [-0.2, -0.15) is 0 Å². The summed E-state index contributed by atoms with van der Waals surface area (Å²) in [5.41, 5.74) is 13.6. The molecule has 0 aliphatic carbocycles. The molecule has 12 rings (SSSR count). The fourth-order valence-corrected chi connectivity index (χ4v) is 9.78. The van der Waals surface area contributed by atoms with Gasteiger partial charge < -0.3 is 9.47 Å². The smallest absolute Gasteiger partial charge is 0.200 e. The lowest BCUT2D eigenvalue weighted by atomic mass is 10.00. The number of anilines is 3. The van der Waals surface area contributed by atoms with Crippen molar-refractivity contribution < 1.29 is 26.3 Å². The zero-order chi connectivity index (χ0) is 50.5. The lowest BCUT2D eigenvalue weighted by molar-refractivity contribution is 0.381. The van der Waals surface area contributed by atoms with E-state index in [-0.39, 0.29) is 11.4 Å². The van der Waals surface area contributed by atoms with Crippen LogP contribution in [0.15, 0.2) is 237 Å². The Kier molecular flexibility index (Phi) is 11.7. The Morgan fingerprint density at radius 2 is 0.703 bits per heavy atom. The molecule has 0 amide bonds. The van der Waals surface area contributed by atoms with Crippen molar-refractivity contribution >= 4 is 38.9 Å². The largest absolute Gasteiger partial charge is 0.311 e. The van der Waals surface area contributed by atoms with Crippen molar-refractivity contribution in [3.63, 3.8) is 0 Å². The molecule has 74 heavy (non-hydrogen) atoms. The van der Waals surface area contributed by atoms with Crippen LogP contribution >= 0.6 is 0 Å². The summed E-state index contributed by atoms with van der Waals surface area (Å²) in [4.78, 5) is 6.99. The first kappa shape index (κ1) is 45.7. The summed E-state index contributed by atoms with van der Waals surface area (Å²) < 4.78 is 88.3. The number of aromatic nitrogens is 2. The molecule has 0 fully saturated rings. The van der Waals surface area contributed by atoms with Gasteiger partial charge >= 0.3 is 0 Å². The highest BCUT2D eigenvalue weighted by atomic mass is 19.2. The van der Waals surface area contributed by atoms with E-state index in [1.165, 1.54) is 24.3 Å². The van der Waals surface area contributed by atoms with E-state index in [9.17, 15) is 26.3 Å². The summed E-state index contributed by atoms with van der Waals surface area (Å²) in [6.07, 6.45) is 0. The number of nitrogens with zero attached hydrogens (tertiary/aromatic N) is 3. The van der Waals surface area contributed by atoms with Gasteiger partial charge in [0, 0.05) is 44.6 Å². The van der Waals surface area contributed by atoms with Crippen LogP contribution in [0.5, 0.6) is 0 Å². The van der Waals surface area contributed by atoms with Crippen LogP contribution < -0.4 is 4.90 Å². The molecule has 0 spiro atoms. The van der Waals surface area contributed by atoms with E-state index in [1.807, 2.05) is 102 Å². The van der Waals surface area contributed by atoms with Crippen molar-refractivity contribution in [3.05, 3.63) is 271 Å². The first-order valence-corrected chi connectivity index (χ1v) is 23.8. The number of para-hydroxylation sites is 1. The molecule has 2 aromatic heterocycles. The summed E-state index contributed by atoms with van der Waals surface area (Å²) in [6, 6.07) is 75.7. The number of fused-ring (bicyclic) bond motifs is 3. The van der Waals surface area contributed by atoms with E-state index in [1.54, 1.807) is 24.3 Å². The fraction of sp³-hybridized carbons (Fsp3) is 0. The summed E-state index contributed by atoms with van der Waals surface area (Å²) in [6.45, 7) is 0. The Balaban J connectivity index is 0.887. The highest BCUT2D eigenvalue weighted by Gasteiger charge is 2.27. The van der Waals surface area contributed by atoms with E-state index in [2.05, 4.69) is 95.6 Å². The third kappa shape index (κ3) is 8.34. The van der Waals surface area contributed by atoms with Crippen molar-refractivity contribution in [1.82, 2.24) is 9.55 Å². The summed E-state index contributed by atoms with van der Waals surface area (Å²) in [5.74, 6) is -10.4. The maximum Gasteiger partial charge on any atom is 0.200 e. The average molecular weight is 976 g/mol. The van der Waals surface area contributed by atoms with Gasteiger partial charge in [-0.1, -0.05) is 146 Å². The van der Waals surface area contributed by atoms with E-state index in [0.717, 1.165) is 89.1 Å². The normalized spacial score (nSPS) is 11.4. The van der Waals surface area contributed by atoms with Gasteiger partial charge in [-0.3, -0.25) is 0 Å². The molecule has 0 N–H and O–H groups in total. The maximum absolute atomic E-state index is 14.9. The number of halogens is 6. The number of hydrogen-bond acceptors (Lipinski definition) is 2. The standard InChI is InChI=1S/C65H39F6N3/c66-49-26-15-40(16-27-49)41-17-28-50(29-18-41)73(52-34-23-46(24-35-52)60-61(67)63(69)65(71)64(70)62(60)68)51-30-19-42(20-31-51)47-25-36-59-55(37-47)54-13-7-8-14-58(54)74(59)53-32-21-43(22-33-53)48-38-56(44-9-3-1-4-10-44)72-57(39-48)45-11-5-2-6-12-45/h1-39H. The van der Waals surface area contributed by atoms with E-state index >= 15 is 0 Å². The van der Waals surface area contributed by atoms with Gasteiger partial charge in [0.2, 0.25) is 5.82 Å². The minimum atomic E-state index is -2.22. The quantitative estimate of drug-likeness (QED) is 0.0773. The van der Waals surface area contributed by atoms with Gasteiger partial charge in [0.15, 0.2) is 23.3 Å². The van der Waals surface area contributed by atoms with Crippen LogP contribution in [0.25, 0.3) is 94.5 Å². The molecular weight excluding hydrogens is 937 g/mol. The molecule has 2 heterocycles. The van der Waals surface area contributed by atoms with Gasteiger partial charge in [0.1, 0.15) is 5.82 Å². The number of pyridine rings is 1. The van der Waals surface area contributed by atoms with Crippen molar-refractivity contribution in [2.24, 2.45) is 0 Å². The third-order valence-electron chi connectivity index (χ3n) is 13.5. The van der Waals surface area contributed by atoms with E-state index < -0.39 is 34.6 Å². The van der Waals surface area contributed by atoms with Crippen LogP contribution in [-0.2, 0) is 0 Å². The highest BCUT2D eigenvalue weighted by Crippen LogP contribution is 2.41. The lowest BCUT2D eigenvalue weighted by Crippen LogP contribution is -2.10. The monoisotopic (exact) mass is 975 g/mol. The molecule has 10 aromatic carbocycles. The number of hydrogen-bond donors (Lipinski definition) is 0. The Bertz CT molecular complexity index is 3940. The van der Waals surface area contributed by atoms with Crippen LogP contribution in [0.3, 0.4) is 0 Å². The van der Waals surface area contributed by atoms with Gasteiger partial charge in [-0.05, 0) is 130 Å². The predicted molar refractivity (Wildman–Crippen MR) is 286 cm³/mol. The molecule has 0 atom stereocenters. The molecule has 0 saturated heterocycles. The van der Waals surface area contributed by atoms with Crippen molar-refractivity contribution in [2.45, 2.75) is 0 Å². The molecule has 9 heteroatoms. The Morgan fingerprint density at radius 1 is 0.297 bits per heavy atom. The van der Waals surface area contributed by atoms with Crippen LogP contribution in [-0.4, -0.2) is 9.55 Å². The van der Waals surface area contributed by atoms with Crippen molar-refractivity contribution in [3.8, 4) is 72.7 Å². The molecule has 0 radical (unpaired) electrons. The highest BCUT2D eigenvalue weighted by molar-refractivity contribution is 6.10. The van der Waals surface area contributed by atoms with Crippen LogP contribution in [0.1, 0.15) is 0 Å². The Morgan fingerprint density at radius 3 is 1.24 bits per heavy atom. The second-order valence-corrected chi connectivity index (χ2v) is 17.9. The van der Waals surface area contributed by atoms with Crippen molar-refractivity contribution in [2.75, 3.05) is 4.90 Å². The first-order chi connectivity index (χ1) is 36.2. The molecule has 0 aliphatic heterocycles. The molecule has 0 unspecified atom stereocenters. The molecular formula is C65H39F6N3. The van der Waals surface area contributed by atoms with E-state index in [0.29, 0.717) is 11.4 Å². The zero-order valence-electron chi connectivity index (χ0n) is 39.1. The van der Waals surface area contributed by atoms with Crippen LogP contribution in [0.4, 0.5) is 43.4 Å². The van der Waals surface area contributed by atoms with Gasteiger partial charge in [0.25, 0.3) is 0 Å². The minimum absolute atomic E-state index is 0.183. The maximum atomic E-state index is 14.9. The number of benzene rings is 10. The SMILES string of the molecule is Fc1ccc(-c2ccc(N(c3ccc(-c4ccc5c(c4)c4ccccc4n5-c4ccc(-c5cc(-c6ccccc6)nc(-c6ccccc6)c5)cc4)cc3)c3ccc(-c4c(F)c(F)c(F)c(F)c4F)cc3)cc2)cc1. The first-order valence-electron chi connectivity index (χ1n) is 23.8. The second kappa shape index (κ2) is 18.9. The summed E-state index contributed by atoms with van der Waals surface area (Å²) in [5, 5.41) is 2.18. The minimum Gasteiger partial charge on any atom is -0.311 e. The second-order valence-electron chi connectivity index (χ2n) is 17.9. The molecule has 0 bridgehead atoms. The zero-order valence-corrected chi connectivity index (χ0v) is 39.1. The Hall–Kier alpha value is -9.47. The van der Waals surface area contributed by atoms with Gasteiger partial charge in [-0.15, -0.1) is 0 Å². The fourth-order valence-electron chi connectivity index (χ4n) is 9.78. The Labute approximate surface area is 422 Å². The number of rotatable bonds is 10. The summed E-state index contributed by atoms with van der Waals surface area (Å²) >= 11 is 0. The van der Waals surface area contributed by atoms with Crippen LogP contribution in [0, 0.1) is 34.9 Å². The van der Waals surface area contributed by atoms with Crippen molar-refractivity contribution in [1.29, 1.82) is 0 Å². The molecule has 3 nitrogen and oxygen atoms in total. The molecule has 356 valence electrons. The molecule has 0 aliphatic rings. The van der Waals surface area contributed by atoms with Crippen LogP contribution in [0.2, 0.25) is 0 Å². The molecule has 0 saturated carbocycles.